The summed E-state index contributed by atoms with van der Waals surface area (Å²) in [5.41, 5.74) is 4.37. The minimum Gasteiger partial charge on any atom is -0.468 e. The summed E-state index contributed by atoms with van der Waals surface area (Å²) in [5.74, 6) is -0.420. The highest BCUT2D eigenvalue weighted by atomic mass is 35.5. The standard InChI is InChI=1S/C8H12FNO2.ClH/c1-12-6(11)5(10)7-2-8(9,3-7)4-7;/h5H,2-4,10H2,1H3;1H. The molecule has 1 atom stereocenters. The van der Waals surface area contributed by atoms with Crippen LogP contribution in [0.4, 0.5) is 4.39 Å². The van der Waals surface area contributed by atoms with Crippen molar-refractivity contribution in [2.45, 2.75) is 31.0 Å². The van der Waals surface area contributed by atoms with Crippen LogP contribution >= 0.6 is 12.4 Å². The molecule has 3 nitrogen and oxygen atoms in total. The number of carbonyl (C=O) groups excluding carboxylic acids is 1. The van der Waals surface area contributed by atoms with Crippen LogP contribution in [-0.4, -0.2) is 24.8 Å². The largest absolute Gasteiger partial charge is 0.468 e. The molecular weight excluding hydrogens is 197 g/mol. The van der Waals surface area contributed by atoms with E-state index in [0.717, 1.165) is 0 Å². The quantitative estimate of drug-likeness (QED) is 0.685. The zero-order valence-electron chi connectivity index (χ0n) is 7.38. The highest BCUT2D eigenvalue weighted by Crippen LogP contribution is 2.70. The lowest BCUT2D eigenvalue weighted by atomic mass is 9.40. The molecule has 0 aromatic rings. The Morgan fingerprint density at radius 3 is 2.31 bits per heavy atom. The Morgan fingerprint density at radius 1 is 1.54 bits per heavy atom. The van der Waals surface area contributed by atoms with Crippen LogP contribution in [0.2, 0.25) is 0 Å². The summed E-state index contributed by atoms with van der Waals surface area (Å²) < 4.78 is 17.5. The molecule has 13 heavy (non-hydrogen) atoms. The second-order valence-corrected chi connectivity index (χ2v) is 4.04. The van der Waals surface area contributed by atoms with Crippen LogP contribution in [0.5, 0.6) is 0 Å². The number of halogens is 2. The molecule has 0 aromatic heterocycles. The van der Waals surface area contributed by atoms with Crippen LogP contribution in [0, 0.1) is 5.41 Å². The van der Waals surface area contributed by atoms with Crippen LogP contribution in [-0.2, 0) is 9.53 Å². The van der Waals surface area contributed by atoms with E-state index in [4.69, 9.17) is 5.73 Å². The van der Waals surface area contributed by atoms with E-state index in [1.807, 2.05) is 0 Å². The monoisotopic (exact) mass is 209 g/mol. The summed E-state index contributed by atoms with van der Waals surface area (Å²) in [4.78, 5) is 11.0. The zero-order valence-corrected chi connectivity index (χ0v) is 8.20. The molecule has 3 saturated carbocycles. The van der Waals surface area contributed by atoms with Crippen LogP contribution < -0.4 is 5.73 Å². The molecule has 0 aliphatic heterocycles. The number of esters is 1. The first kappa shape index (κ1) is 10.7. The van der Waals surface area contributed by atoms with Gasteiger partial charge in [0.2, 0.25) is 0 Å². The average molecular weight is 210 g/mol. The van der Waals surface area contributed by atoms with E-state index in [1.165, 1.54) is 7.11 Å². The number of ether oxygens (including phenoxy) is 1. The van der Waals surface area contributed by atoms with E-state index in [2.05, 4.69) is 4.74 Å². The molecule has 2 N–H and O–H groups in total. The molecule has 2 bridgehead atoms. The van der Waals surface area contributed by atoms with Crippen LogP contribution in [0.1, 0.15) is 19.3 Å². The first-order chi connectivity index (χ1) is 5.51. The van der Waals surface area contributed by atoms with Gasteiger partial charge in [0.1, 0.15) is 11.7 Å². The topological polar surface area (TPSA) is 52.3 Å². The van der Waals surface area contributed by atoms with Crippen molar-refractivity contribution in [3.05, 3.63) is 0 Å². The van der Waals surface area contributed by atoms with Crippen molar-refractivity contribution in [2.75, 3.05) is 7.11 Å². The smallest absolute Gasteiger partial charge is 0.323 e. The van der Waals surface area contributed by atoms with E-state index in [0.29, 0.717) is 19.3 Å². The second kappa shape index (κ2) is 2.82. The molecule has 3 fully saturated rings. The lowest BCUT2D eigenvalue weighted by Gasteiger charge is -2.67. The number of hydrogen-bond donors (Lipinski definition) is 1. The molecule has 5 heteroatoms. The molecule has 0 aromatic carbocycles. The van der Waals surface area contributed by atoms with Gasteiger partial charge in [-0.25, -0.2) is 4.39 Å². The molecule has 0 spiro atoms. The van der Waals surface area contributed by atoms with E-state index in [-0.39, 0.29) is 17.8 Å². The zero-order chi connectivity index (χ0) is 8.98. The molecule has 0 saturated heterocycles. The molecule has 0 heterocycles. The molecule has 3 aliphatic rings. The third-order valence-electron chi connectivity index (χ3n) is 3.12. The minimum absolute atomic E-state index is 0. The van der Waals surface area contributed by atoms with Crippen molar-refractivity contribution < 1.29 is 13.9 Å². The Balaban J connectivity index is 0.000000845. The van der Waals surface area contributed by atoms with Gasteiger partial charge in [-0.1, -0.05) is 0 Å². The maximum Gasteiger partial charge on any atom is 0.323 e. The van der Waals surface area contributed by atoms with Gasteiger partial charge in [-0.05, 0) is 19.3 Å². The summed E-state index contributed by atoms with van der Waals surface area (Å²) in [6, 6.07) is -0.625. The fraction of sp³-hybridized carbons (Fsp3) is 0.875. The number of nitrogens with two attached hydrogens (primary N) is 1. The summed E-state index contributed by atoms with van der Waals surface area (Å²) >= 11 is 0. The van der Waals surface area contributed by atoms with Crippen molar-refractivity contribution in [1.29, 1.82) is 0 Å². The Bertz CT molecular complexity index is 227. The van der Waals surface area contributed by atoms with Crippen molar-refractivity contribution >= 4 is 18.4 Å². The van der Waals surface area contributed by atoms with Gasteiger partial charge in [-0.15, -0.1) is 12.4 Å². The SMILES string of the molecule is COC(=O)C(N)C12CC(F)(C1)C2.Cl. The molecule has 76 valence electrons. The fourth-order valence-electron chi connectivity index (χ4n) is 2.44. The molecule has 0 amide bonds. The Labute approximate surface area is 82.2 Å². The van der Waals surface area contributed by atoms with Gasteiger partial charge in [-0.2, -0.15) is 0 Å². The lowest BCUT2D eigenvalue weighted by Crippen LogP contribution is -2.72. The number of alkyl halides is 1. The number of methoxy groups -OCH3 is 1. The van der Waals surface area contributed by atoms with Gasteiger partial charge in [0, 0.05) is 5.41 Å². The Kier molecular flexibility index (Phi) is 2.33. The number of hydrogen-bond acceptors (Lipinski definition) is 3. The summed E-state index contributed by atoms with van der Waals surface area (Å²) in [7, 11) is 1.30. The van der Waals surface area contributed by atoms with Gasteiger partial charge in [-0.3, -0.25) is 4.79 Å². The highest BCUT2D eigenvalue weighted by molar-refractivity contribution is 5.85. The molecule has 3 rings (SSSR count). The number of carbonyl (C=O) groups is 1. The summed E-state index contributed by atoms with van der Waals surface area (Å²) in [6.45, 7) is 0. The number of rotatable bonds is 2. The van der Waals surface area contributed by atoms with Crippen molar-refractivity contribution in [3.8, 4) is 0 Å². The second-order valence-electron chi connectivity index (χ2n) is 4.04. The van der Waals surface area contributed by atoms with Crippen LogP contribution in [0.25, 0.3) is 0 Å². The Morgan fingerprint density at radius 2 is 2.00 bits per heavy atom. The molecule has 1 unspecified atom stereocenters. The van der Waals surface area contributed by atoms with Gasteiger partial charge < -0.3 is 10.5 Å². The Hall–Kier alpha value is -0.350. The maximum absolute atomic E-state index is 13.0. The van der Waals surface area contributed by atoms with Crippen molar-refractivity contribution in [2.24, 2.45) is 11.1 Å². The highest BCUT2D eigenvalue weighted by Gasteiger charge is 2.72. The van der Waals surface area contributed by atoms with Gasteiger partial charge in [0.15, 0.2) is 0 Å². The van der Waals surface area contributed by atoms with E-state index in [9.17, 15) is 9.18 Å². The van der Waals surface area contributed by atoms with Crippen molar-refractivity contribution in [3.63, 3.8) is 0 Å². The van der Waals surface area contributed by atoms with E-state index >= 15 is 0 Å². The van der Waals surface area contributed by atoms with Crippen LogP contribution in [0.15, 0.2) is 0 Å². The first-order valence-corrected chi connectivity index (χ1v) is 4.04. The third-order valence-corrected chi connectivity index (χ3v) is 3.12. The van der Waals surface area contributed by atoms with Gasteiger partial charge >= 0.3 is 5.97 Å². The lowest BCUT2D eigenvalue weighted by molar-refractivity contribution is -0.227. The fourth-order valence-corrected chi connectivity index (χ4v) is 2.44. The predicted molar refractivity (Wildman–Crippen MR) is 47.4 cm³/mol. The maximum atomic E-state index is 13.0. The molecule has 3 aliphatic carbocycles. The van der Waals surface area contributed by atoms with E-state index in [1.54, 1.807) is 0 Å². The predicted octanol–water partition coefficient (Wildman–Crippen LogP) is 0.801. The van der Waals surface area contributed by atoms with Crippen LogP contribution in [0.3, 0.4) is 0 Å². The van der Waals surface area contributed by atoms with E-state index < -0.39 is 17.7 Å². The third kappa shape index (κ3) is 1.23. The summed E-state index contributed by atoms with van der Waals surface area (Å²) in [6.07, 6.45) is 1.32. The van der Waals surface area contributed by atoms with Crippen molar-refractivity contribution in [1.82, 2.24) is 0 Å². The molecule has 0 radical (unpaired) electrons. The summed E-state index contributed by atoms with van der Waals surface area (Å²) in [5, 5.41) is 0. The van der Waals surface area contributed by atoms with Gasteiger partial charge in [0.25, 0.3) is 0 Å². The minimum atomic E-state index is -0.994. The van der Waals surface area contributed by atoms with Gasteiger partial charge in [0.05, 0.1) is 7.11 Å². The average Bonchev–Trinajstić information content (AvgIpc) is 1.94. The first-order valence-electron chi connectivity index (χ1n) is 4.04. The molecular formula is C8H13ClFNO2. The normalized spacial score (nSPS) is 42.1.